The highest BCUT2D eigenvalue weighted by atomic mass is 32.2. The van der Waals surface area contributed by atoms with Crippen molar-refractivity contribution in [2.24, 2.45) is 0 Å². The molecule has 0 radical (unpaired) electrons. The number of hydrogen-bond acceptors (Lipinski definition) is 4. The van der Waals surface area contributed by atoms with Gasteiger partial charge in [-0.2, -0.15) is 0 Å². The molecule has 1 amide bonds. The van der Waals surface area contributed by atoms with Gasteiger partial charge in [-0.05, 0) is 49.2 Å². The molecule has 0 unspecified atom stereocenters. The van der Waals surface area contributed by atoms with E-state index in [1.165, 1.54) is 19.2 Å². The van der Waals surface area contributed by atoms with Crippen LogP contribution in [0, 0.1) is 13.8 Å². The van der Waals surface area contributed by atoms with E-state index < -0.39 is 9.84 Å². The number of nitrogens with one attached hydrogen (secondary N) is 1. The van der Waals surface area contributed by atoms with E-state index in [9.17, 15) is 13.2 Å². The third-order valence-corrected chi connectivity index (χ3v) is 7.10. The Morgan fingerprint density at radius 3 is 2.23 bits per heavy atom. The third kappa shape index (κ3) is 4.11. The first-order chi connectivity index (χ1) is 14.3. The van der Waals surface area contributed by atoms with Crippen LogP contribution < -0.4 is 10.1 Å². The molecular formula is C23H26N2O4S. The number of sulfone groups is 1. The lowest BCUT2D eigenvalue weighted by Gasteiger charge is -2.14. The van der Waals surface area contributed by atoms with Crippen molar-refractivity contribution < 1.29 is 17.9 Å². The Morgan fingerprint density at radius 1 is 1.03 bits per heavy atom. The van der Waals surface area contributed by atoms with Crippen LogP contribution in [0.15, 0.2) is 64.4 Å². The summed E-state index contributed by atoms with van der Waals surface area (Å²) in [4.78, 5) is 12.5. The smallest absolute Gasteiger partial charge is 0.225 e. The highest BCUT2D eigenvalue weighted by Crippen LogP contribution is 2.36. The van der Waals surface area contributed by atoms with Crippen LogP contribution in [0.25, 0.3) is 0 Å². The molecule has 0 aliphatic rings. The van der Waals surface area contributed by atoms with Gasteiger partial charge in [0, 0.05) is 18.7 Å². The highest BCUT2D eigenvalue weighted by molar-refractivity contribution is 7.91. The number of carbonyl (C=O) groups excluding carboxylic acids is 1. The SMILES string of the molecule is CCC(=O)Nc1c(S(=O)(=O)c2ccc(OC)cc2)c(C)c(C)n1Cc1ccccc1. The van der Waals surface area contributed by atoms with E-state index in [0.29, 0.717) is 23.7 Å². The molecule has 1 aromatic heterocycles. The molecule has 6 nitrogen and oxygen atoms in total. The van der Waals surface area contributed by atoms with E-state index in [1.54, 1.807) is 26.0 Å². The summed E-state index contributed by atoms with van der Waals surface area (Å²) in [5, 5.41) is 2.83. The van der Waals surface area contributed by atoms with E-state index >= 15 is 0 Å². The van der Waals surface area contributed by atoms with Gasteiger partial charge in [-0.25, -0.2) is 8.42 Å². The summed E-state index contributed by atoms with van der Waals surface area (Å²) in [5.74, 6) is 0.632. The Morgan fingerprint density at radius 2 is 1.67 bits per heavy atom. The van der Waals surface area contributed by atoms with Gasteiger partial charge in [-0.1, -0.05) is 37.3 Å². The fourth-order valence-electron chi connectivity index (χ4n) is 3.34. The number of hydrogen-bond donors (Lipinski definition) is 1. The number of aromatic nitrogens is 1. The van der Waals surface area contributed by atoms with Crippen LogP contribution in [-0.2, 0) is 21.2 Å². The molecule has 1 heterocycles. The minimum absolute atomic E-state index is 0.128. The van der Waals surface area contributed by atoms with Crippen LogP contribution >= 0.6 is 0 Å². The first-order valence-electron chi connectivity index (χ1n) is 9.72. The van der Waals surface area contributed by atoms with Crippen LogP contribution in [0.1, 0.15) is 30.2 Å². The largest absolute Gasteiger partial charge is 0.497 e. The van der Waals surface area contributed by atoms with Crippen LogP contribution in [0.4, 0.5) is 5.82 Å². The molecule has 7 heteroatoms. The second-order valence-corrected chi connectivity index (χ2v) is 8.93. The van der Waals surface area contributed by atoms with Crippen molar-refractivity contribution >= 4 is 21.6 Å². The normalized spacial score (nSPS) is 11.3. The quantitative estimate of drug-likeness (QED) is 0.610. The molecule has 0 spiro atoms. The fraction of sp³-hybridized carbons (Fsp3) is 0.261. The van der Waals surface area contributed by atoms with Gasteiger partial charge in [-0.3, -0.25) is 4.79 Å². The number of carbonyl (C=O) groups is 1. The number of methoxy groups -OCH3 is 1. The molecule has 0 aliphatic heterocycles. The maximum absolute atomic E-state index is 13.6. The molecule has 1 N–H and O–H groups in total. The Labute approximate surface area is 177 Å². The minimum atomic E-state index is -3.86. The second-order valence-electron chi connectivity index (χ2n) is 7.04. The Bertz CT molecular complexity index is 1150. The molecule has 2 aromatic carbocycles. The summed E-state index contributed by atoms with van der Waals surface area (Å²) < 4.78 is 34.1. The zero-order valence-corrected chi connectivity index (χ0v) is 18.4. The predicted octanol–water partition coefficient (Wildman–Crippen LogP) is 4.34. The standard InChI is InChI=1S/C23H26N2O4S/c1-5-21(26)24-23-22(30(27,28)20-13-11-19(29-4)12-14-20)16(2)17(3)25(23)15-18-9-7-6-8-10-18/h6-14H,5,15H2,1-4H3,(H,24,26). The van der Waals surface area contributed by atoms with Crippen molar-refractivity contribution in [3.8, 4) is 5.75 Å². The van der Waals surface area contributed by atoms with Gasteiger partial charge >= 0.3 is 0 Å². The second kappa shape index (κ2) is 8.75. The number of amides is 1. The van der Waals surface area contributed by atoms with Gasteiger partial charge in [0.15, 0.2) is 0 Å². The summed E-state index contributed by atoms with van der Waals surface area (Å²) in [7, 11) is -2.34. The molecule has 0 bridgehead atoms. The first kappa shape index (κ1) is 21.6. The molecule has 0 saturated carbocycles. The monoisotopic (exact) mass is 426 g/mol. The van der Waals surface area contributed by atoms with Crippen LogP contribution in [0.3, 0.4) is 0 Å². The predicted molar refractivity (Wildman–Crippen MR) is 117 cm³/mol. The summed E-state index contributed by atoms with van der Waals surface area (Å²) in [6.07, 6.45) is 0.247. The summed E-state index contributed by atoms with van der Waals surface area (Å²) in [5.41, 5.74) is 2.42. The Hall–Kier alpha value is -3.06. The van der Waals surface area contributed by atoms with Crippen molar-refractivity contribution in [3.63, 3.8) is 0 Å². The average Bonchev–Trinajstić information content (AvgIpc) is 2.99. The van der Waals surface area contributed by atoms with Crippen molar-refractivity contribution in [1.82, 2.24) is 4.57 Å². The molecule has 0 atom stereocenters. The van der Waals surface area contributed by atoms with E-state index in [-0.39, 0.29) is 22.1 Å². The molecule has 0 aliphatic carbocycles. The lowest BCUT2D eigenvalue weighted by molar-refractivity contribution is -0.115. The zero-order chi connectivity index (χ0) is 21.9. The molecule has 0 fully saturated rings. The average molecular weight is 427 g/mol. The van der Waals surface area contributed by atoms with E-state index in [0.717, 1.165) is 11.3 Å². The van der Waals surface area contributed by atoms with E-state index in [1.807, 2.05) is 41.8 Å². The molecule has 0 saturated heterocycles. The lowest BCUT2D eigenvalue weighted by Crippen LogP contribution is -2.17. The van der Waals surface area contributed by atoms with Gasteiger partial charge in [0.1, 0.15) is 16.5 Å². The minimum Gasteiger partial charge on any atom is -0.497 e. The maximum Gasteiger partial charge on any atom is 0.225 e. The van der Waals surface area contributed by atoms with Gasteiger partial charge < -0.3 is 14.6 Å². The number of nitrogens with zero attached hydrogens (tertiary/aromatic N) is 1. The van der Waals surface area contributed by atoms with Gasteiger partial charge in [-0.15, -0.1) is 0 Å². The summed E-state index contributed by atoms with van der Waals surface area (Å²) in [6.45, 7) is 5.82. The summed E-state index contributed by atoms with van der Waals surface area (Å²) >= 11 is 0. The number of ether oxygens (including phenoxy) is 1. The molecule has 3 rings (SSSR count). The van der Waals surface area contributed by atoms with E-state index in [4.69, 9.17) is 4.74 Å². The number of benzene rings is 2. The molecule has 30 heavy (non-hydrogen) atoms. The van der Waals surface area contributed by atoms with Crippen molar-refractivity contribution in [2.75, 3.05) is 12.4 Å². The number of anilines is 1. The van der Waals surface area contributed by atoms with E-state index in [2.05, 4.69) is 5.32 Å². The van der Waals surface area contributed by atoms with Crippen molar-refractivity contribution in [1.29, 1.82) is 0 Å². The maximum atomic E-state index is 13.6. The van der Waals surface area contributed by atoms with Crippen LogP contribution in [-0.4, -0.2) is 26.0 Å². The molecular weight excluding hydrogens is 400 g/mol. The topological polar surface area (TPSA) is 77.4 Å². The van der Waals surface area contributed by atoms with Crippen LogP contribution in [0.5, 0.6) is 5.75 Å². The lowest BCUT2D eigenvalue weighted by atomic mass is 10.2. The van der Waals surface area contributed by atoms with Gasteiger partial charge in [0.2, 0.25) is 15.7 Å². The fourth-order valence-corrected chi connectivity index (χ4v) is 5.04. The van der Waals surface area contributed by atoms with Gasteiger partial charge in [0.05, 0.1) is 12.0 Å². The van der Waals surface area contributed by atoms with Gasteiger partial charge in [0.25, 0.3) is 0 Å². The van der Waals surface area contributed by atoms with Crippen LogP contribution in [0.2, 0.25) is 0 Å². The Balaban J connectivity index is 2.19. The first-order valence-corrected chi connectivity index (χ1v) is 11.2. The Kier molecular flexibility index (Phi) is 6.31. The molecule has 158 valence electrons. The van der Waals surface area contributed by atoms with Crippen molar-refractivity contribution in [3.05, 3.63) is 71.4 Å². The van der Waals surface area contributed by atoms with Crippen molar-refractivity contribution in [2.45, 2.75) is 43.5 Å². The molecule has 3 aromatic rings. The zero-order valence-electron chi connectivity index (χ0n) is 17.6. The highest BCUT2D eigenvalue weighted by Gasteiger charge is 2.30. The number of rotatable bonds is 7. The summed E-state index contributed by atoms with van der Waals surface area (Å²) in [6, 6.07) is 16.0. The third-order valence-electron chi connectivity index (χ3n) is 5.17.